The van der Waals surface area contributed by atoms with Crippen molar-refractivity contribution >= 4 is 23.6 Å². The van der Waals surface area contributed by atoms with Crippen LogP contribution in [0.4, 0.5) is 0 Å². The number of carbonyl (C=O) groups excluding carboxylic acids is 2. The number of hydrogen-bond donors (Lipinski definition) is 0. The molecule has 0 unspecified atom stereocenters. The SMILES string of the molecule is O=C(c1ccc([C@@H]2SCC(=O)N2CCc2ccccc2)cc1)N1CCCCC1. The van der Waals surface area contributed by atoms with Gasteiger partial charge in [0, 0.05) is 25.2 Å². The highest BCUT2D eigenvalue weighted by atomic mass is 32.2. The average molecular weight is 395 g/mol. The van der Waals surface area contributed by atoms with Crippen molar-refractivity contribution < 1.29 is 9.59 Å². The molecule has 2 aliphatic rings. The van der Waals surface area contributed by atoms with E-state index >= 15 is 0 Å². The fourth-order valence-corrected chi connectivity index (χ4v) is 5.15. The van der Waals surface area contributed by atoms with E-state index in [0.717, 1.165) is 50.0 Å². The number of benzene rings is 2. The molecule has 0 aromatic heterocycles. The van der Waals surface area contributed by atoms with E-state index in [1.54, 1.807) is 11.8 Å². The van der Waals surface area contributed by atoms with Gasteiger partial charge in [-0.25, -0.2) is 0 Å². The third kappa shape index (κ3) is 4.25. The molecule has 0 bridgehead atoms. The number of hydrogen-bond acceptors (Lipinski definition) is 3. The summed E-state index contributed by atoms with van der Waals surface area (Å²) in [6, 6.07) is 18.2. The molecule has 146 valence electrons. The maximum atomic E-state index is 12.7. The van der Waals surface area contributed by atoms with Crippen LogP contribution in [0.25, 0.3) is 0 Å². The van der Waals surface area contributed by atoms with Gasteiger partial charge in [-0.05, 0) is 48.9 Å². The molecule has 2 fully saturated rings. The molecule has 2 heterocycles. The molecule has 0 spiro atoms. The van der Waals surface area contributed by atoms with Crippen LogP contribution in [0.2, 0.25) is 0 Å². The second kappa shape index (κ2) is 8.82. The number of thioether (sulfide) groups is 1. The van der Waals surface area contributed by atoms with Crippen molar-refractivity contribution in [2.24, 2.45) is 0 Å². The summed E-state index contributed by atoms with van der Waals surface area (Å²) >= 11 is 1.67. The summed E-state index contributed by atoms with van der Waals surface area (Å²) in [6.45, 7) is 2.44. The highest BCUT2D eigenvalue weighted by molar-refractivity contribution is 8.00. The topological polar surface area (TPSA) is 40.6 Å². The standard InChI is InChI=1S/C23H26N2O2S/c26-21-17-28-23(25(21)16-13-18-7-3-1-4-8-18)20-11-9-19(10-12-20)22(27)24-14-5-2-6-15-24/h1,3-4,7-12,23H,2,5-6,13-17H2/t23-/m0/s1. The Morgan fingerprint density at radius 3 is 2.39 bits per heavy atom. The molecular weight excluding hydrogens is 368 g/mol. The first-order valence-electron chi connectivity index (χ1n) is 10.1. The van der Waals surface area contributed by atoms with Gasteiger partial charge in [-0.15, -0.1) is 11.8 Å². The van der Waals surface area contributed by atoms with Crippen molar-refractivity contribution in [3.63, 3.8) is 0 Å². The maximum absolute atomic E-state index is 12.7. The fourth-order valence-electron chi connectivity index (χ4n) is 3.94. The molecule has 2 aliphatic heterocycles. The van der Waals surface area contributed by atoms with E-state index in [-0.39, 0.29) is 17.2 Å². The van der Waals surface area contributed by atoms with Crippen LogP contribution in [0, 0.1) is 0 Å². The van der Waals surface area contributed by atoms with Crippen LogP contribution in [-0.4, -0.2) is 47.0 Å². The Morgan fingerprint density at radius 1 is 0.964 bits per heavy atom. The van der Waals surface area contributed by atoms with Crippen LogP contribution >= 0.6 is 11.8 Å². The maximum Gasteiger partial charge on any atom is 0.253 e. The number of likely N-dealkylation sites (tertiary alicyclic amines) is 1. The van der Waals surface area contributed by atoms with Gasteiger partial charge >= 0.3 is 0 Å². The van der Waals surface area contributed by atoms with E-state index in [2.05, 4.69) is 12.1 Å². The summed E-state index contributed by atoms with van der Waals surface area (Å²) in [5, 5.41) is 0.0374. The fraction of sp³-hybridized carbons (Fsp3) is 0.391. The first kappa shape index (κ1) is 19.1. The van der Waals surface area contributed by atoms with Crippen LogP contribution < -0.4 is 0 Å². The molecule has 28 heavy (non-hydrogen) atoms. The first-order chi connectivity index (χ1) is 13.7. The van der Waals surface area contributed by atoms with Crippen molar-refractivity contribution in [1.82, 2.24) is 9.80 Å². The highest BCUT2D eigenvalue weighted by Crippen LogP contribution is 2.38. The zero-order chi connectivity index (χ0) is 19.3. The van der Waals surface area contributed by atoms with Crippen molar-refractivity contribution in [2.45, 2.75) is 31.1 Å². The Kier molecular flexibility index (Phi) is 6.01. The average Bonchev–Trinajstić information content (AvgIpc) is 3.13. The first-order valence-corrected chi connectivity index (χ1v) is 11.1. The summed E-state index contributed by atoms with van der Waals surface area (Å²) in [7, 11) is 0. The van der Waals surface area contributed by atoms with Crippen molar-refractivity contribution in [1.29, 1.82) is 0 Å². The van der Waals surface area contributed by atoms with E-state index in [4.69, 9.17) is 0 Å². The molecule has 1 atom stereocenters. The summed E-state index contributed by atoms with van der Waals surface area (Å²) in [5.41, 5.74) is 3.09. The number of carbonyl (C=O) groups is 2. The quantitative estimate of drug-likeness (QED) is 0.766. The molecule has 4 rings (SSSR count). The smallest absolute Gasteiger partial charge is 0.253 e. The Morgan fingerprint density at radius 2 is 1.68 bits per heavy atom. The van der Waals surface area contributed by atoms with Gasteiger partial charge in [0.25, 0.3) is 5.91 Å². The molecule has 0 N–H and O–H groups in total. The monoisotopic (exact) mass is 394 g/mol. The van der Waals surface area contributed by atoms with Crippen LogP contribution in [0.15, 0.2) is 54.6 Å². The molecule has 0 radical (unpaired) electrons. The predicted octanol–water partition coefficient (Wildman–Crippen LogP) is 4.13. The highest BCUT2D eigenvalue weighted by Gasteiger charge is 2.32. The third-order valence-corrected chi connectivity index (χ3v) is 6.79. The Labute approximate surface area is 170 Å². The zero-order valence-electron chi connectivity index (χ0n) is 16.0. The zero-order valence-corrected chi connectivity index (χ0v) is 16.9. The van der Waals surface area contributed by atoms with E-state index in [0.29, 0.717) is 5.75 Å². The molecule has 0 aliphatic carbocycles. The third-order valence-electron chi connectivity index (χ3n) is 5.54. The summed E-state index contributed by atoms with van der Waals surface area (Å²) in [4.78, 5) is 29.0. The Hall–Kier alpha value is -2.27. The van der Waals surface area contributed by atoms with Gasteiger partial charge in [-0.2, -0.15) is 0 Å². The molecule has 4 nitrogen and oxygen atoms in total. The minimum Gasteiger partial charge on any atom is -0.339 e. The van der Waals surface area contributed by atoms with E-state index in [9.17, 15) is 9.59 Å². The van der Waals surface area contributed by atoms with E-state index in [1.807, 2.05) is 52.3 Å². The van der Waals surface area contributed by atoms with Crippen molar-refractivity contribution in [2.75, 3.05) is 25.4 Å². The summed E-state index contributed by atoms with van der Waals surface area (Å²) in [6.07, 6.45) is 4.27. The van der Waals surface area contributed by atoms with Gasteiger partial charge in [0.1, 0.15) is 5.37 Å². The van der Waals surface area contributed by atoms with Gasteiger partial charge in [-0.1, -0.05) is 42.5 Å². The lowest BCUT2D eigenvalue weighted by molar-refractivity contribution is -0.128. The van der Waals surface area contributed by atoms with Crippen LogP contribution in [0.3, 0.4) is 0 Å². The minimum atomic E-state index is 0.0374. The Bertz CT molecular complexity index is 816. The lowest BCUT2D eigenvalue weighted by Crippen LogP contribution is -2.35. The lowest BCUT2D eigenvalue weighted by Gasteiger charge is -2.27. The van der Waals surface area contributed by atoms with Crippen molar-refractivity contribution in [3.8, 4) is 0 Å². The molecule has 5 heteroatoms. The second-order valence-corrected chi connectivity index (χ2v) is 8.53. The molecule has 2 aromatic carbocycles. The molecule has 2 saturated heterocycles. The van der Waals surface area contributed by atoms with Gasteiger partial charge in [0.15, 0.2) is 0 Å². The van der Waals surface area contributed by atoms with E-state index in [1.165, 1.54) is 12.0 Å². The van der Waals surface area contributed by atoms with Crippen molar-refractivity contribution in [3.05, 3.63) is 71.3 Å². The molecular formula is C23H26N2O2S. The number of rotatable bonds is 5. The van der Waals surface area contributed by atoms with Crippen LogP contribution in [0.5, 0.6) is 0 Å². The van der Waals surface area contributed by atoms with Gasteiger partial charge < -0.3 is 9.80 Å². The summed E-state index contributed by atoms with van der Waals surface area (Å²) < 4.78 is 0. The van der Waals surface area contributed by atoms with Gasteiger partial charge in [-0.3, -0.25) is 9.59 Å². The van der Waals surface area contributed by atoms with Gasteiger partial charge in [0.05, 0.1) is 5.75 Å². The van der Waals surface area contributed by atoms with Crippen LogP contribution in [0.1, 0.15) is 46.1 Å². The van der Waals surface area contributed by atoms with Gasteiger partial charge in [0.2, 0.25) is 5.91 Å². The second-order valence-electron chi connectivity index (χ2n) is 7.46. The number of nitrogens with zero attached hydrogens (tertiary/aromatic N) is 2. The Balaban J connectivity index is 1.43. The lowest BCUT2D eigenvalue weighted by atomic mass is 10.1. The predicted molar refractivity (Wildman–Crippen MR) is 113 cm³/mol. The largest absolute Gasteiger partial charge is 0.339 e. The van der Waals surface area contributed by atoms with Crippen LogP contribution in [-0.2, 0) is 11.2 Å². The minimum absolute atomic E-state index is 0.0374. The normalized spacial score (nSPS) is 19.9. The summed E-state index contributed by atoms with van der Waals surface area (Å²) in [5.74, 6) is 0.843. The number of amides is 2. The molecule has 2 amide bonds. The van der Waals surface area contributed by atoms with E-state index < -0.39 is 0 Å². The number of piperidine rings is 1. The molecule has 0 saturated carbocycles. The molecule has 2 aromatic rings.